The highest BCUT2D eigenvalue weighted by molar-refractivity contribution is 5.78. The fourth-order valence-electron chi connectivity index (χ4n) is 2.86. The van der Waals surface area contributed by atoms with Crippen molar-refractivity contribution in [1.29, 1.82) is 0 Å². The van der Waals surface area contributed by atoms with Crippen molar-refractivity contribution in [3.05, 3.63) is 65.5 Å². The monoisotopic (exact) mass is 342 g/mol. The maximum absolute atomic E-state index is 12.8. The van der Waals surface area contributed by atoms with Crippen LogP contribution in [-0.2, 0) is 11.2 Å². The second-order valence-corrected chi connectivity index (χ2v) is 6.48. The van der Waals surface area contributed by atoms with Gasteiger partial charge in [-0.2, -0.15) is 0 Å². The van der Waals surface area contributed by atoms with Crippen LogP contribution >= 0.6 is 0 Å². The molecule has 0 aliphatic carbocycles. The van der Waals surface area contributed by atoms with Gasteiger partial charge in [-0.25, -0.2) is 4.39 Å². The van der Waals surface area contributed by atoms with E-state index < -0.39 is 0 Å². The van der Waals surface area contributed by atoms with Crippen molar-refractivity contribution in [3.8, 4) is 5.75 Å². The van der Waals surface area contributed by atoms with Gasteiger partial charge in [-0.3, -0.25) is 9.69 Å². The summed E-state index contributed by atoms with van der Waals surface area (Å²) >= 11 is 0. The third-order valence-electron chi connectivity index (χ3n) is 4.23. The molecule has 1 amide bonds. The molecular weight excluding hydrogens is 319 g/mol. The Morgan fingerprint density at radius 1 is 1.24 bits per heavy atom. The molecule has 132 valence electrons. The number of rotatable bonds is 7. The van der Waals surface area contributed by atoms with Crippen LogP contribution in [0.3, 0.4) is 0 Å². The van der Waals surface area contributed by atoms with E-state index in [-0.39, 0.29) is 17.8 Å². The largest absolute Gasteiger partial charge is 0.488 e. The van der Waals surface area contributed by atoms with E-state index in [1.54, 1.807) is 12.1 Å². The number of halogens is 1. The molecule has 1 aliphatic heterocycles. The fourth-order valence-corrected chi connectivity index (χ4v) is 2.86. The van der Waals surface area contributed by atoms with Gasteiger partial charge in [0.05, 0.1) is 6.54 Å². The zero-order valence-corrected chi connectivity index (χ0v) is 14.4. The smallest absolute Gasteiger partial charge is 0.234 e. The van der Waals surface area contributed by atoms with E-state index in [0.29, 0.717) is 19.5 Å². The molecule has 3 rings (SSSR count). The van der Waals surface area contributed by atoms with Crippen LogP contribution in [-0.4, -0.2) is 43.1 Å². The van der Waals surface area contributed by atoms with Crippen molar-refractivity contribution < 1.29 is 13.9 Å². The van der Waals surface area contributed by atoms with Crippen molar-refractivity contribution in [2.75, 3.05) is 26.2 Å². The Morgan fingerprint density at radius 2 is 2.00 bits per heavy atom. The molecule has 0 bridgehead atoms. The molecule has 5 heteroatoms. The number of aryl methyl sites for hydroxylation is 1. The van der Waals surface area contributed by atoms with Crippen LogP contribution in [0.4, 0.5) is 4.39 Å². The molecule has 0 saturated carbocycles. The Morgan fingerprint density at radius 3 is 2.72 bits per heavy atom. The van der Waals surface area contributed by atoms with Crippen LogP contribution < -0.4 is 10.1 Å². The molecule has 1 saturated heterocycles. The highest BCUT2D eigenvalue weighted by Crippen LogP contribution is 2.18. The highest BCUT2D eigenvalue weighted by Gasteiger charge is 2.29. The van der Waals surface area contributed by atoms with E-state index in [9.17, 15) is 9.18 Å². The van der Waals surface area contributed by atoms with Crippen molar-refractivity contribution in [2.24, 2.45) is 0 Å². The number of nitrogens with zero attached hydrogens (tertiary/aromatic N) is 1. The predicted octanol–water partition coefficient (Wildman–Crippen LogP) is 2.56. The molecule has 1 heterocycles. The summed E-state index contributed by atoms with van der Waals surface area (Å²) in [6, 6.07) is 14.3. The summed E-state index contributed by atoms with van der Waals surface area (Å²) < 4.78 is 18.7. The molecule has 0 aromatic heterocycles. The Labute approximate surface area is 147 Å². The van der Waals surface area contributed by atoms with E-state index >= 15 is 0 Å². The van der Waals surface area contributed by atoms with Crippen molar-refractivity contribution >= 4 is 5.91 Å². The van der Waals surface area contributed by atoms with Gasteiger partial charge in [0.15, 0.2) is 0 Å². The molecule has 0 unspecified atom stereocenters. The normalized spacial score (nSPS) is 14.8. The van der Waals surface area contributed by atoms with E-state index in [1.165, 1.54) is 17.7 Å². The number of hydrogen-bond donors (Lipinski definition) is 1. The number of ether oxygens (including phenoxy) is 1. The lowest BCUT2D eigenvalue weighted by Gasteiger charge is -2.38. The number of carbonyl (C=O) groups excluding carboxylic acids is 1. The van der Waals surface area contributed by atoms with E-state index in [4.69, 9.17) is 4.74 Å². The lowest BCUT2D eigenvalue weighted by Crippen LogP contribution is -2.56. The zero-order chi connectivity index (χ0) is 17.6. The van der Waals surface area contributed by atoms with Gasteiger partial charge in [0.25, 0.3) is 0 Å². The quantitative estimate of drug-likeness (QED) is 0.841. The maximum Gasteiger partial charge on any atom is 0.234 e. The molecule has 0 spiro atoms. The third kappa shape index (κ3) is 5.29. The molecule has 2 aromatic rings. The van der Waals surface area contributed by atoms with Crippen molar-refractivity contribution in [3.63, 3.8) is 0 Å². The summed E-state index contributed by atoms with van der Waals surface area (Å²) in [5.74, 6) is 0.650. The zero-order valence-electron chi connectivity index (χ0n) is 14.4. The first-order valence-electron chi connectivity index (χ1n) is 8.55. The van der Waals surface area contributed by atoms with Crippen LogP contribution in [0.25, 0.3) is 0 Å². The summed E-state index contributed by atoms with van der Waals surface area (Å²) in [7, 11) is 0. The minimum absolute atomic E-state index is 0.0103. The molecule has 0 atom stereocenters. The van der Waals surface area contributed by atoms with Crippen LogP contribution in [0.15, 0.2) is 48.5 Å². The van der Waals surface area contributed by atoms with Gasteiger partial charge in [0, 0.05) is 19.6 Å². The maximum atomic E-state index is 12.8. The first kappa shape index (κ1) is 17.4. The number of benzene rings is 2. The van der Waals surface area contributed by atoms with Crippen LogP contribution in [0.1, 0.15) is 11.1 Å². The SMILES string of the molecule is Cc1cccc(OC2CN(CC(=O)NCCc3ccc(F)cc3)C2)c1. The molecule has 4 nitrogen and oxygen atoms in total. The van der Waals surface area contributed by atoms with Gasteiger partial charge in [-0.15, -0.1) is 0 Å². The predicted molar refractivity (Wildman–Crippen MR) is 95.1 cm³/mol. The number of nitrogens with one attached hydrogen (secondary N) is 1. The average Bonchev–Trinajstić information content (AvgIpc) is 2.55. The van der Waals surface area contributed by atoms with Crippen LogP contribution in [0, 0.1) is 12.7 Å². The van der Waals surface area contributed by atoms with Crippen LogP contribution in [0.5, 0.6) is 5.75 Å². The Bertz CT molecular complexity index is 712. The molecule has 1 N–H and O–H groups in total. The second kappa shape index (κ2) is 8.12. The number of amides is 1. The van der Waals surface area contributed by atoms with Gasteiger partial charge >= 0.3 is 0 Å². The van der Waals surface area contributed by atoms with Gasteiger partial charge in [-0.1, -0.05) is 24.3 Å². The molecule has 2 aromatic carbocycles. The number of hydrogen-bond acceptors (Lipinski definition) is 3. The standard InChI is InChI=1S/C20H23FN2O2/c1-15-3-2-4-18(11-15)25-19-12-23(13-19)14-20(24)22-10-9-16-5-7-17(21)8-6-16/h2-8,11,19H,9-10,12-14H2,1H3,(H,22,24). The molecule has 1 fully saturated rings. The van der Waals surface area contributed by atoms with E-state index in [0.717, 1.165) is 24.4 Å². The first-order chi connectivity index (χ1) is 12.1. The lowest BCUT2D eigenvalue weighted by molar-refractivity contribution is -0.124. The minimum Gasteiger partial charge on any atom is -0.488 e. The molecule has 1 aliphatic rings. The summed E-state index contributed by atoms with van der Waals surface area (Å²) in [6.07, 6.45) is 0.847. The Hall–Kier alpha value is -2.40. The fraction of sp³-hybridized carbons (Fsp3) is 0.350. The summed E-state index contributed by atoms with van der Waals surface area (Å²) in [5, 5.41) is 2.90. The summed E-state index contributed by atoms with van der Waals surface area (Å²) in [5.41, 5.74) is 2.19. The summed E-state index contributed by atoms with van der Waals surface area (Å²) in [6.45, 7) is 4.51. The minimum atomic E-state index is -0.243. The molecular formula is C20H23FN2O2. The van der Waals surface area contributed by atoms with E-state index in [2.05, 4.69) is 10.2 Å². The van der Waals surface area contributed by atoms with Gasteiger partial charge in [0.2, 0.25) is 5.91 Å². The van der Waals surface area contributed by atoms with Crippen molar-refractivity contribution in [1.82, 2.24) is 10.2 Å². The van der Waals surface area contributed by atoms with Gasteiger partial charge in [0.1, 0.15) is 17.7 Å². The first-order valence-corrected chi connectivity index (χ1v) is 8.55. The molecule has 25 heavy (non-hydrogen) atoms. The second-order valence-electron chi connectivity index (χ2n) is 6.48. The van der Waals surface area contributed by atoms with Gasteiger partial charge < -0.3 is 10.1 Å². The third-order valence-corrected chi connectivity index (χ3v) is 4.23. The highest BCUT2D eigenvalue weighted by atomic mass is 19.1. The lowest BCUT2D eigenvalue weighted by atomic mass is 10.1. The van der Waals surface area contributed by atoms with Crippen molar-refractivity contribution in [2.45, 2.75) is 19.4 Å². The average molecular weight is 342 g/mol. The van der Waals surface area contributed by atoms with Gasteiger partial charge in [-0.05, 0) is 48.7 Å². The topological polar surface area (TPSA) is 41.6 Å². The van der Waals surface area contributed by atoms with Crippen LogP contribution in [0.2, 0.25) is 0 Å². The van der Waals surface area contributed by atoms with E-state index in [1.807, 2.05) is 31.2 Å². The number of likely N-dealkylation sites (tertiary alicyclic amines) is 1. The Balaban J connectivity index is 1.31. The molecule has 0 radical (unpaired) electrons. The summed E-state index contributed by atoms with van der Waals surface area (Å²) in [4.78, 5) is 14.0. The Kier molecular flexibility index (Phi) is 5.66. The number of carbonyl (C=O) groups is 1.